The van der Waals surface area contributed by atoms with Crippen molar-refractivity contribution in [1.29, 1.82) is 0 Å². The molecule has 0 spiro atoms. The molecule has 1 aromatic carbocycles. The minimum Gasteiger partial charge on any atom is -0.354 e. The number of nitrogens with one attached hydrogen (secondary N) is 2. The van der Waals surface area contributed by atoms with Crippen LogP contribution in [-0.4, -0.2) is 16.9 Å². The lowest BCUT2D eigenvalue weighted by atomic mass is 10.2. The van der Waals surface area contributed by atoms with Crippen molar-refractivity contribution in [3.8, 4) is 0 Å². The summed E-state index contributed by atoms with van der Waals surface area (Å²) >= 11 is 0. The standard InChI is InChI=1S/C16H17N3O/c1-11-4-2-3-5-14(11)18-13-8-9-15(17-10-13)16(20)19-12-6-7-12/h2-5,8-10,12,18H,6-7H2,1H3,(H,19,20). The molecule has 0 atom stereocenters. The molecular weight excluding hydrogens is 250 g/mol. The second-order valence-electron chi connectivity index (χ2n) is 5.12. The molecule has 1 fully saturated rings. The molecular formula is C16H17N3O. The lowest BCUT2D eigenvalue weighted by Gasteiger charge is -2.09. The first-order valence-corrected chi connectivity index (χ1v) is 6.82. The third-order valence-electron chi connectivity index (χ3n) is 3.33. The first-order valence-electron chi connectivity index (χ1n) is 6.82. The monoisotopic (exact) mass is 267 g/mol. The van der Waals surface area contributed by atoms with E-state index in [0.717, 1.165) is 24.2 Å². The van der Waals surface area contributed by atoms with E-state index in [-0.39, 0.29) is 5.91 Å². The van der Waals surface area contributed by atoms with Gasteiger partial charge in [-0.3, -0.25) is 4.79 Å². The van der Waals surface area contributed by atoms with Gasteiger partial charge < -0.3 is 10.6 Å². The number of aromatic nitrogens is 1. The van der Waals surface area contributed by atoms with Crippen LogP contribution >= 0.6 is 0 Å². The van der Waals surface area contributed by atoms with Crippen molar-refractivity contribution < 1.29 is 4.79 Å². The molecule has 0 radical (unpaired) electrons. The molecule has 2 N–H and O–H groups in total. The van der Waals surface area contributed by atoms with Gasteiger partial charge in [0.05, 0.1) is 11.9 Å². The number of carbonyl (C=O) groups is 1. The summed E-state index contributed by atoms with van der Waals surface area (Å²) in [6, 6.07) is 12.0. The predicted octanol–water partition coefficient (Wildman–Crippen LogP) is 3.03. The number of hydrogen-bond acceptors (Lipinski definition) is 3. The molecule has 4 nitrogen and oxygen atoms in total. The first-order chi connectivity index (χ1) is 9.72. The van der Waals surface area contributed by atoms with Crippen LogP contribution in [0.4, 0.5) is 11.4 Å². The fraction of sp³-hybridized carbons (Fsp3) is 0.250. The fourth-order valence-electron chi connectivity index (χ4n) is 1.96. The van der Waals surface area contributed by atoms with Gasteiger partial charge in [-0.05, 0) is 43.5 Å². The maximum Gasteiger partial charge on any atom is 0.270 e. The number of carbonyl (C=O) groups excluding carboxylic acids is 1. The number of rotatable bonds is 4. The van der Waals surface area contributed by atoms with Crippen LogP contribution in [0.3, 0.4) is 0 Å². The van der Waals surface area contributed by atoms with E-state index in [4.69, 9.17) is 0 Å². The number of nitrogens with zero attached hydrogens (tertiary/aromatic N) is 1. The second-order valence-corrected chi connectivity index (χ2v) is 5.12. The average molecular weight is 267 g/mol. The van der Waals surface area contributed by atoms with Gasteiger partial charge in [0.1, 0.15) is 5.69 Å². The maximum atomic E-state index is 11.8. The Bertz CT molecular complexity index is 618. The van der Waals surface area contributed by atoms with Gasteiger partial charge >= 0.3 is 0 Å². The third kappa shape index (κ3) is 2.96. The van der Waals surface area contributed by atoms with Gasteiger partial charge in [-0.25, -0.2) is 4.98 Å². The van der Waals surface area contributed by atoms with E-state index in [1.54, 1.807) is 12.3 Å². The fourth-order valence-corrected chi connectivity index (χ4v) is 1.96. The van der Waals surface area contributed by atoms with Gasteiger partial charge in [0.15, 0.2) is 0 Å². The Morgan fingerprint density at radius 1 is 1.20 bits per heavy atom. The van der Waals surface area contributed by atoms with Crippen LogP contribution in [0.1, 0.15) is 28.9 Å². The minimum atomic E-state index is -0.0880. The van der Waals surface area contributed by atoms with E-state index in [2.05, 4.69) is 15.6 Å². The predicted molar refractivity (Wildman–Crippen MR) is 79.2 cm³/mol. The Morgan fingerprint density at radius 3 is 2.65 bits per heavy atom. The number of hydrogen-bond donors (Lipinski definition) is 2. The van der Waals surface area contributed by atoms with Crippen LogP contribution in [0.2, 0.25) is 0 Å². The summed E-state index contributed by atoms with van der Waals surface area (Å²) in [5.41, 5.74) is 3.56. The van der Waals surface area contributed by atoms with E-state index in [1.165, 1.54) is 5.56 Å². The van der Waals surface area contributed by atoms with Gasteiger partial charge in [0.2, 0.25) is 0 Å². The van der Waals surface area contributed by atoms with Crippen molar-refractivity contribution in [2.75, 3.05) is 5.32 Å². The summed E-state index contributed by atoms with van der Waals surface area (Å²) in [4.78, 5) is 16.0. The van der Waals surface area contributed by atoms with Crippen molar-refractivity contribution >= 4 is 17.3 Å². The van der Waals surface area contributed by atoms with Gasteiger partial charge in [-0.1, -0.05) is 18.2 Å². The number of anilines is 2. The van der Waals surface area contributed by atoms with Crippen LogP contribution in [0.5, 0.6) is 0 Å². The molecule has 0 unspecified atom stereocenters. The molecule has 0 aliphatic heterocycles. The number of amides is 1. The molecule has 0 bridgehead atoms. The van der Waals surface area contributed by atoms with E-state index >= 15 is 0 Å². The van der Waals surface area contributed by atoms with E-state index < -0.39 is 0 Å². The summed E-state index contributed by atoms with van der Waals surface area (Å²) in [5, 5.41) is 6.22. The highest BCUT2D eigenvalue weighted by Gasteiger charge is 2.24. The van der Waals surface area contributed by atoms with Crippen LogP contribution < -0.4 is 10.6 Å². The average Bonchev–Trinajstić information content (AvgIpc) is 3.26. The zero-order chi connectivity index (χ0) is 13.9. The molecule has 1 heterocycles. The minimum absolute atomic E-state index is 0.0880. The van der Waals surface area contributed by atoms with Crippen molar-refractivity contribution in [3.05, 3.63) is 53.9 Å². The molecule has 1 aliphatic rings. The zero-order valence-corrected chi connectivity index (χ0v) is 11.4. The first kappa shape index (κ1) is 12.7. The van der Waals surface area contributed by atoms with Gasteiger partial charge in [-0.2, -0.15) is 0 Å². The Labute approximate surface area is 118 Å². The third-order valence-corrected chi connectivity index (χ3v) is 3.33. The van der Waals surface area contributed by atoms with Crippen molar-refractivity contribution in [2.45, 2.75) is 25.8 Å². The number of aryl methyl sites for hydroxylation is 1. The van der Waals surface area contributed by atoms with Crippen LogP contribution in [-0.2, 0) is 0 Å². The van der Waals surface area contributed by atoms with Crippen LogP contribution in [0.15, 0.2) is 42.6 Å². The van der Waals surface area contributed by atoms with Crippen molar-refractivity contribution in [2.24, 2.45) is 0 Å². The molecule has 2 aromatic rings. The second kappa shape index (κ2) is 5.33. The summed E-state index contributed by atoms with van der Waals surface area (Å²) < 4.78 is 0. The molecule has 102 valence electrons. The van der Waals surface area contributed by atoms with Gasteiger partial charge in [0.25, 0.3) is 5.91 Å². The van der Waals surface area contributed by atoms with Crippen molar-refractivity contribution in [1.82, 2.24) is 10.3 Å². The van der Waals surface area contributed by atoms with E-state index in [9.17, 15) is 4.79 Å². The molecule has 1 aromatic heterocycles. The molecule has 0 saturated heterocycles. The molecule has 3 rings (SSSR count). The number of benzene rings is 1. The molecule has 1 amide bonds. The Morgan fingerprint density at radius 2 is 2.00 bits per heavy atom. The molecule has 1 saturated carbocycles. The Hall–Kier alpha value is -2.36. The molecule has 1 aliphatic carbocycles. The number of para-hydroxylation sites is 1. The molecule has 20 heavy (non-hydrogen) atoms. The Balaban J connectivity index is 1.69. The quantitative estimate of drug-likeness (QED) is 0.895. The molecule has 4 heteroatoms. The summed E-state index contributed by atoms with van der Waals surface area (Å²) in [5.74, 6) is -0.0880. The van der Waals surface area contributed by atoms with E-state index in [1.807, 2.05) is 37.3 Å². The lowest BCUT2D eigenvalue weighted by molar-refractivity contribution is 0.0946. The Kier molecular flexibility index (Phi) is 3.37. The SMILES string of the molecule is Cc1ccccc1Nc1ccc(C(=O)NC2CC2)nc1. The normalized spacial score (nSPS) is 13.8. The zero-order valence-electron chi connectivity index (χ0n) is 11.4. The lowest BCUT2D eigenvalue weighted by Crippen LogP contribution is -2.26. The maximum absolute atomic E-state index is 11.8. The summed E-state index contributed by atoms with van der Waals surface area (Å²) in [6.07, 6.45) is 3.85. The highest BCUT2D eigenvalue weighted by Crippen LogP contribution is 2.21. The number of pyridine rings is 1. The summed E-state index contributed by atoms with van der Waals surface area (Å²) in [6.45, 7) is 2.05. The van der Waals surface area contributed by atoms with Crippen LogP contribution in [0.25, 0.3) is 0 Å². The van der Waals surface area contributed by atoms with Crippen LogP contribution in [0, 0.1) is 6.92 Å². The van der Waals surface area contributed by atoms with Gasteiger partial charge in [0, 0.05) is 11.7 Å². The highest BCUT2D eigenvalue weighted by atomic mass is 16.2. The van der Waals surface area contributed by atoms with Gasteiger partial charge in [-0.15, -0.1) is 0 Å². The largest absolute Gasteiger partial charge is 0.354 e. The smallest absolute Gasteiger partial charge is 0.270 e. The topological polar surface area (TPSA) is 54.0 Å². The van der Waals surface area contributed by atoms with Crippen molar-refractivity contribution in [3.63, 3.8) is 0 Å². The van der Waals surface area contributed by atoms with E-state index in [0.29, 0.717) is 11.7 Å². The summed E-state index contributed by atoms with van der Waals surface area (Å²) in [7, 11) is 0. The highest BCUT2D eigenvalue weighted by molar-refractivity contribution is 5.92.